The fraction of sp³-hybridized carbons (Fsp3) is 0.333. The fourth-order valence-corrected chi connectivity index (χ4v) is 4.07. The summed E-state index contributed by atoms with van der Waals surface area (Å²) in [4.78, 5) is 24.6. The van der Waals surface area contributed by atoms with Gasteiger partial charge in [0.1, 0.15) is 0 Å². The van der Waals surface area contributed by atoms with Crippen molar-refractivity contribution in [1.82, 2.24) is 4.72 Å². The summed E-state index contributed by atoms with van der Waals surface area (Å²) < 4.78 is 27.4. The Morgan fingerprint density at radius 2 is 1.59 bits per heavy atom. The molecule has 3 N–H and O–H groups in total. The van der Waals surface area contributed by atoms with Crippen molar-refractivity contribution in [3.63, 3.8) is 0 Å². The van der Waals surface area contributed by atoms with Gasteiger partial charge in [-0.1, -0.05) is 12.1 Å². The summed E-state index contributed by atoms with van der Waals surface area (Å²) >= 11 is 0. The molecule has 0 unspecified atom stereocenters. The van der Waals surface area contributed by atoms with Crippen molar-refractivity contribution in [3.8, 4) is 0 Å². The van der Waals surface area contributed by atoms with Crippen molar-refractivity contribution in [2.24, 2.45) is 11.8 Å². The zero-order chi connectivity index (χ0) is 20.4. The molecule has 2 aromatic carbocycles. The molecule has 0 atom stereocenters. The number of rotatable bonds is 8. The van der Waals surface area contributed by atoms with Gasteiger partial charge >= 0.3 is 0 Å². The van der Waals surface area contributed by atoms with Crippen LogP contribution >= 0.6 is 0 Å². The van der Waals surface area contributed by atoms with Crippen LogP contribution < -0.4 is 15.4 Å². The molecular weight excluding hydrogens is 390 g/mol. The third-order valence-electron chi connectivity index (χ3n) is 5.00. The highest BCUT2D eigenvalue weighted by atomic mass is 32.2. The van der Waals surface area contributed by atoms with Gasteiger partial charge in [-0.25, -0.2) is 13.1 Å². The summed E-state index contributed by atoms with van der Waals surface area (Å²) in [6, 6.07) is 12.8. The molecule has 2 saturated carbocycles. The molecule has 8 heteroatoms. The van der Waals surface area contributed by atoms with Gasteiger partial charge in [-0.05, 0) is 68.0 Å². The topological polar surface area (TPSA) is 104 Å². The summed E-state index contributed by atoms with van der Waals surface area (Å²) in [7, 11) is -3.64. The first kappa shape index (κ1) is 19.6. The summed E-state index contributed by atoms with van der Waals surface area (Å²) in [5.41, 5.74) is 1.37. The van der Waals surface area contributed by atoms with Gasteiger partial charge in [-0.15, -0.1) is 0 Å². The number of nitrogens with one attached hydrogen (secondary N) is 3. The Labute approximate surface area is 169 Å². The van der Waals surface area contributed by atoms with Crippen LogP contribution in [0.3, 0.4) is 0 Å². The molecule has 0 heterocycles. The average molecular weight is 413 g/mol. The minimum absolute atomic E-state index is 0.00918. The molecule has 4 rings (SSSR count). The van der Waals surface area contributed by atoms with Gasteiger partial charge in [0, 0.05) is 29.4 Å². The van der Waals surface area contributed by atoms with Crippen LogP contribution in [0.1, 0.15) is 36.0 Å². The van der Waals surface area contributed by atoms with E-state index < -0.39 is 15.9 Å². The van der Waals surface area contributed by atoms with Crippen molar-refractivity contribution in [3.05, 3.63) is 54.1 Å². The molecule has 2 aliphatic rings. The second-order valence-electron chi connectivity index (χ2n) is 7.62. The minimum Gasteiger partial charge on any atom is -0.326 e. The molecule has 0 aromatic heterocycles. The van der Waals surface area contributed by atoms with Crippen LogP contribution in [0.25, 0.3) is 0 Å². The Balaban J connectivity index is 1.43. The molecule has 29 heavy (non-hydrogen) atoms. The quantitative estimate of drug-likeness (QED) is 0.619. The van der Waals surface area contributed by atoms with E-state index in [1.807, 2.05) is 0 Å². The predicted molar refractivity (Wildman–Crippen MR) is 110 cm³/mol. The SMILES string of the molecule is O=C(Nc1cccc(NC(=O)C2CC2)c1)c1cccc(S(=O)(=O)NCC2CC2)c1. The van der Waals surface area contributed by atoms with E-state index in [-0.39, 0.29) is 22.3 Å². The lowest BCUT2D eigenvalue weighted by Gasteiger charge is -2.10. The Morgan fingerprint density at radius 3 is 2.28 bits per heavy atom. The van der Waals surface area contributed by atoms with E-state index in [9.17, 15) is 18.0 Å². The zero-order valence-corrected chi connectivity index (χ0v) is 16.7. The molecule has 0 bridgehead atoms. The molecule has 152 valence electrons. The van der Waals surface area contributed by atoms with Crippen molar-refractivity contribution in [2.45, 2.75) is 30.6 Å². The van der Waals surface area contributed by atoms with Crippen LogP contribution in [0, 0.1) is 11.8 Å². The molecule has 2 amide bonds. The number of anilines is 2. The lowest BCUT2D eigenvalue weighted by Crippen LogP contribution is -2.26. The van der Waals surface area contributed by atoms with Gasteiger partial charge in [0.2, 0.25) is 15.9 Å². The molecule has 0 aliphatic heterocycles. The maximum absolute atomic E-state index is 12.6. The largest absolute Gasteiger partial charge is 0.326 e. The highest BCUT2D eigenvalue weighted by Crippen LogP contribution is 2.30. The van der Waals surface area contributed by atoms with Crippen LogP contribution in [0.15, 0.2) is 53.4 Å². The summed E-state index contributed by atoms with van der Waals surface area (Å²) in [5.74, 6) is 0.0791. The highest BCUT2D eigenvalue weighted by Gasteiger charge is 2.29. The number of benzene rings is 2. The van der Waals surface area contributed by atoms with Crippen LogP contribution in [-0.2, 0) is 14.8 Å². The number of amides is 2. The Morgan fingerprint density at radius 1 is 0.897 bits per heavy atom. The van der Waals surface area contributed by atoms with Gasteiger partial charge in [0.25, 0.3) is 5.91 Å². The molecule has 0 radical (unpaired) electrons. The Bertz CT molecular complexity index is 1040. The number of carbonyl (C=O) groups is 2. The molecule has 2 aromatic rings. The average Bonchev–Trinajstić information content (AvgIpc) is 3.60. The van der Waals surface area contributed by atoms with E-state index in [1.165, 1.54) is 12.1 Å². The van der Waals surface area contributed by atoms with Crippen molar-refractivity contribution >= 4 is 33.2 Å². The number of hydrogen-bond donors (Lipinski definition) is 3. The predicted octanol–water partition coefficient (Wildman–Crippen LogP) is 2.98. The van der Waals surface area contributed by atoms with Crippen molar-refractivity contribution in [1.29, 1.82) is 0 Å². The van der Waals surface area contributed by atoms with E-state index >= 15 is 0 Å². The fourth-order valence-electron chi connectivity index (χ4n) is 2.91. The minimum atomic E-state index is -3.64. The monoisotopic (exact) mass is 413 g/mol. The molecule has 7 nitrogen and oxygen atoms in total. The van der Waals surface area contributed by atoms with Crippen LogP contribution in [0.5, 0.6) is 0 Å². The maximum atomic E-state index is 12.6. The first-order valence-corrected chi connectivity index (χ1v) is 11.2. The molecule has 0 spiro atoms. The van der Waals surface area contributed by atoms with Crippen LogP contribution in [0.4, 0.5) is 11.4 Å². The maximum Gasteiger partial charge on any atom is 0.255 e. The van der Waals surface area contributed by atoms with Gasteiger partial charge in [0.05, 0.1) is 4.90 Å². The van der Waals surface area contributed by atoms with E-state index in [4.69, 9.17) is 0 Å². The van der Waals surface area contributed by atoms with E-state index in [0.717, 1.165) is 25.7 Å². The van der Waals surface area contributed by atoms with E-state index in [0.29, 0.717) is 23.8 Å². The summed E-state index contributed by atoms with van der Waals surface area (Å²) in [6.07, 6.45) is 3.92. The van der Waals surface area contributed by atoms with E-state index in [2.05, 4.69) is 15.4 Å². The second-order valence-corrected chi connectivity index (χ2v) is 9.39. The molecule has 0 saturated heterocycles. The lowest BCUT2D eigenvalue weighted by atomic mass is 10.2. The van der Waals surface area contributed by atoms with Gasteiger partial charge in [0.15, 0.2) is 0 Å². The number of hydrogen-bond acceptors (Lipinski definition) is 4. The Kier molecular flexibility index (Phi) is 5.38. The third kappa shape index (κ3) is 5.21. The molecular formula is C21H23N3O4S. The lowest BCUT2D eigenvalue weighted by molar-refractivity contribution is -0.117. The van der Waals surface area contributed by atoms with Crippen LogP contribution in [-0.4, -0.2) is 26.8 Å². The highest BCUT2D eigenvalue weighted by molar-refractivity contribution is 7.89. The smallest absolute Gasteiger partial charge is 0.255 e. The zero-order valence-electron chi connectivity index (χ0n) is 15.9. The number of sulfonamides is 1. The van der Waals surface area contributed by atoms with Crippen molar-refractivity contribution < 1.29 is 18.0 Å². The van der Waals surface area contributed by atoms with Gasteiger partial charge in [-0.2, -0.15) is 0 Å². The summed E-state index contributed by atoms with van der Waals surface area (Å²) in [5, 5.41) is 5.59. The third-order valence-corrected chi connectivity index (χ3v) is 6.42. The first-order chi connectivity index (χ1) is 13.9. The van der Waals surface area contributed by atoms with E-state index in [1.54, 1.807) is 36.4 Å². The first-order valence-electron chi connectivity index (χ1n) is 9.73. The Hall–Kier alpha value is -2.71. The molecule has 2 aliphatic carbocycles. The molecule has 2 fully saturated rings. The van der Waals surface area contributed by atoms with Gasteiger partial charge < -0.3 is 10.6 Å². The van der Waals surface area contributed by atoms with Gasteiger partial charge in [-0.3, -0.25) is 9.59 Å². The second kappa shape index (κ2) is 7.96. The standard InChI is InChI=1S/C21H23N3O4S/c25-20(15-9-10-15)23-17-4-2-5-18(12-17)24-21(26)16-3-1-6-19(11-16)29(27,28)22-13-14-7-8-14/h1-6,11-12,14-15,22H,7-10,13H2,(H,23,25)(H,24,26). The number of carbonyl (C=O) groups excluding carboxylic acids is 2. The van der Waals surface area contributed by atoms with Crippen molar-refractivity contribution in [2.75, 3.05) is 17.2 Å². The summed E-state index contributed by atoms with van der Waals surface area (Å²) in [6.45, 7) is 0.429. The van der Waals surface area contributed by atoms with Crippen LogP contribution in [0.2, 0.25) is 0 Å². The normalized spacial score (nSPS) is 16.3.